The average Bonchev–Trinajstić information content (AvgIpc) is 1.93. The highest BCUT2D eigenvalue weighted by atomic mass is 14.4. The van der Waals surface area contributed by atoms with E-state index in [-0.39, 0.29) is 0 Å². The fraction of sp³-hybridized carbons (Fsp3) is 0.375. The van der Waals surface area contributed by atoms with Gasteiger partial charge in [0.2, 0.25) is 0 Å². The van der Waals surface area contributed by atoms with Crippen LogP contribution in [0.1, 0.15) is 19.8 Å². The third kappa shape index (κ3) is 1.84. The van der Waals surface area contributed by atoms with Gasteiger partial charge in [-0.2, -0.15) is 0 Å². The van der Waals surface area contributed by atoms with Crippen LogP contribution in [-0.4, -0.2) is 5.71 Å². The van der Waals surface area contributed by atoms with E-state index in [4.69, 9.17) is 5.41 Å². The van der Waals surface area contributed by atoms with Gasteiger partial charge in [0.1, 0.15) is 0 Å². The zero-order valence-corrected chi connectivity index (χ0v) is 5.65. The zero-order valence-electron chi connectivity index (χ0n) is 5.65. The van der Waals surface area contributed by atoms with E-state index in [1.54, 1.807) is 0 Å². The Kier molecular flexibility index (Phi) is 1.83. The van der Waals surface area contributed by atoms with Gasteiger partial charge in [-0.3, -0.25) is 0 Å². The summed E-state index contributed by atoms with van der Waals surface area (Å²) in [4.78, 5) is 0. The van der Waals surface area contributed by atoms with E-state index in [9.17, 15) is 0 Å². The van der Waals surface area contributed by atoms with Gasteiger partial charge in [-0.1, -0.05) is 11.6 Å². The van der Waals surface area contributed by atoms with Gasteiger partial charge in [0, 0.05) is 0 Å². The summed E-state index contributed by atoms with van der Waals surface area (Å²) in [5.41, 5.74) is 1.94. The SMILES string of the molecule is CC1=CC(=N)C=CCC1. The lowest BCUT2D eigenvalue weighted by molar-refractivity contribution is 0.986. The van der Waals surface area contributed by atoms with Crippen molar-refractivity contribution in [3.63, 3.8) is 0 Å². The maximum atomic E-state index is 7.30. The Morgan fingerprint density at radius 3 is 3.11 bits per heavy atom. The molecule has 1 aliphatic rings. The molecule has 0 saturated carbocycles. The molecule has 0 unspecified atom stereocenters. The van der Waals surface area contributed by atoms with E-state index in [0.717, 1.165) is 12.8 Å². The van der Waals surface area contributed by atoms with Crippen molar-refractivity contribution in [2.75, 3.05) is 0 Å². The molecule has 0 aliphatic heterocycles. The molecule has 0 fully saturated rings. The van der Waals surface area contributed by atoms with Crippen molar-refractivity contribution in [1.29, 1.82) is 5.41 Å². The van der Waals surface area contributed by atoms with Gasteiger partial charge < -0.3 is 5.41 Å². The van der Waals surface area contributed by atoms with Crippen molar-refractivity contribution >= 4 is 5.71 Å². The molecule has 1 N–H and O–H groups in total. The predicted molar refractivity (Wildman–Crippen MR) is 39.9 cm³/mol. The van der Waals surface area contributed by atoms with Gasteiger partial charge in [-0.25, -0.2) is 0 Å². The second-order valence-corrected chi connectivity index (χ2v) is 2.39. The second-order valence-electron chi connectivity index (χ2n) is 2.39. The van der Waals surface area contributed by atoms with Crippen LogP contribution in [0.2, 0.25) is 0 Å². The summed E-state index contributed by atoms with van der Waals surface area (Å²) in [6.45, 7) is 2.07. The first-order valence-electron chi connectivity index (χ1n) is 3.21. The quantitative estimate of drug-likeness (QED) is 0.508. The van der Waals surface area contributed by atoms with Crippen LogP contribution in [0.25, 0.3) is 0 Å². The molecule has 0 bridgehead atoms. The van der Waals surface area contributed by atoms with E-state index >= 15 is 0 Å². The van der Waals surface area contributed by atoms with Crippen LogP contribution >= 0.6 is 0 Å². The fourth-order valence-corrected chi connectivity index (χ4v) is 0.907. The maximum absolute atomic E-state index is 7.30. The Morgan fingerprint density at radius 1 is 1.56 bits per heavy atom. The zero-order chi connectivity index (χ0) is 6.69. The molecular formula is C8H11N. The van der Waals surface area contributed by atoms with Gasteiger partial charge in [-0.05, 0) is 31.9 Å². The summed E-state index contributed by atoms with van der Waals surface area (Å²) in [5, 5.41) is 7.30. The van der Waals surface area contributed by atoms with Crippen LogP contribution in [0.15, 0.2) is 23.8 Å². The molecule has 0 aromatic carbocycles. The molecule has 0 saturated heterocycles. The van der Waals surface area contributed by atoms with E-state index in [2.05, 4.69) is 13.0 Å². The fourth-order valence-electron chi connectivity index (χ4n) is 0.907. The number of rotatable bonds is 0. The van der Waals surface area contributed by atoms with E-state index in [0.29, 0.717) is 5.71 Å². The highest BCUT2D eigenvalue weighted by molar-refractivity contribution is 6.02. The van der Waals surface area contributed by atoms with Crippen molar-refractivity contribution in [2.24, 2.45) is 0 Å². The highest BCUT2D eigenvalue weighted by Gasteiger charge is 1.94. The molecule has 0 radical (unpaired) electrons. The number of hydrogen-bond donors (Lipinski definition) is 1. The number of nitrogens with one attached hydrogen (secondary N) is 1. The lowest BCUT2D eigenvalue weighted by Gasteiger charge is -1.91. The molecule has 0 aromatic rings. The highest BCUT2D eigenvalue weighted by Crippen LogP contribution is 2.08. The average molecular weight is 121 g/mol. The van der Waals surface area contributed by atoms with E-state index in [1.165, 1.54) is 5.57 Å². The van der Waals surface area contributed by atoms with Crippen LogP contribution in [0.4, 0.5) is 0 Å². The van der Waals surface area contributed by atoms with Gasteiger partial charge >= 0.3 is 0 Å². The van der Waals surface area contributed by atoms with Crippen LogP contribution < -0.4 is 0 Å². The van der Waals surface area contributed by atoms with E-state index < -0.39 is 0 Å². The first kappa shape index (κ1) is 6.27. The van der Waals surface area contributed by atoms with Crippen LogP contribution in [-0.2, 0) is 0 Å². The first-order valence-corrected chi connectivity index (χ1v) is 3.21. The Morgan fingerprint density at radius 2 is 2.33 bits per heavy atom. The minimum Gasteiger partial charge on any atom is -0.301 e. The molecule has 0 aromatic heterocycles. The predicted octanol–water partition coefficient (Wildman–Crippen LogP) is 2.30. The van der Waals surface area contributed by atoms with Crippen molar-refractivity contribution in [2.45, 2.75) is 19.8 Å². The maximum Gasteiger partial charge on any atom is 0.0536 e. The van der Waals surface area contributed by atoms with Gasteiger partial charge in [0.05, 0.1) is 5.71 Å². The van der Waals surface area contributed by atoms with Crippen LogP contribution in [0.5, 0.6) is 0 Å². The van der Waals surface area contributed by atoms with Crippen molar-refractivity contribution in [1.82, 2.24) is 0 Å². The molecule has 1 nitrogen and oxygen atoms in total. The first-order chi connectivity index (χ1) is 4.29. The number of hydrogen-bond acceptors (Lipinski definition) is 1. The molecule has 48 valence electrons. The molecule has 1 heteroatoms. The summed E-state index contributed by atoms with van der Waals surface area (Å²) in [6, 6.07) is 0. The summed E-state index contributed by atoms with van der Waals surface area (Å²) >= 11 is 0. The summed E-state index contributed by atoms with van der Waals surface area (Å²) in [7, 11) is 0. The molecule has 0 heterocycles. The van der Waals surface area contributed by atoms with Crippen LogP contribution in [0.3, 0.4) is 0 Å². The smallest absolute Gasteiger partial charge is 0.0536 e. The topological polar surface area (TPSA) is 23.9 Å². The normalized spacial score (nSPS) is 19.2. The Labute approximate surface area is 55.6 Å². The molecular weight excluding hydrogens is 110 g/mol. The lowest BCUT2D eigenvalue weighted by atomic mass is 10.2. The van der Waals surface area contributed by atoms with Crippen molar-refractivity contribution in [3.8, 4) is 0 Å². The van der Waals surface area contributed by atoms with Crippen molar-refractivity contribution < 1.29 is 0 Å². The van der Waals surface area contributed by atoms with Gasteiger partial charge in [0.15, 0.2) is 0 Å². The molecule has 0 spiro atoms. The Balaban J connectivity index is 2.74. The van der Waals surface area contributed by atoms with Crippen molar-refractivity contribution in [3.05, 3.63) is 23.8 Å². The Hall–Kier alpha value is -0.850. The minimum atomic E-state index is 0.630. The van der Waals surface area contributed by atoms with Gasteiger partial charge in [-0.15, -0.1) is 0 Å². The second kappa shape index (κ2) is 2.62. The number of allylic oxidation sites excluding steroid dienone is 4. The monoisotopic (exact) mass is 121 g/mol. The molecule has 9 heavy (non-hydrogen) atoms. The molecule has 0 amide bonds. The standard InChI is InChI=1S/C8H11N/c1-7-4-2-3-5-8(9)6-7/h3,5-6,9H,2,4H2,1H3. The molecule has 1 aliphatic carbocycles. The summed E-state index contributed by atoms with van der Waals surface area (Å²) < 4.78 is 0. The third-order valence-corrected chi connectivity index (χ3v) is 1.40. The van der Waals surface area contributed by atoms with Crippen LogP contribution in [0, 0.1) is 5.41 Å². The largest absolute Gasteiger partial charge is 0.301 e. The van der Waals surface area contributed by atoms with Gasteiger partial charge in [0.25, 0.3) is 0 Å². The van der Waals surface area contributed by atoms with E-state index in [1.807, 2.05) is 12.2 Å². The molecule has 1 rings (SSSR count). The Bertz CT molecular complexity index is 175. The summed E-state index contributed by atoms with van der Waals surface area (Å²) in [6.07, 6.45) is 8.03. The third-order valence-electron chi connectivity index (χ3n) is 1.40. The summed E-state index contributed by atoms with van der Waals surface area (Å²) in [5.74, 6) is 0. The minimum absolute atomic E-state index is 0.630. The molecule has 0 atom stereocenters. The lowest BCUT2D eigenvalue weighted by Crippen LogP contribution is -1.82.